The molecule has 52 valence electrons. The third kappa shape index (κ3) is 5.86. The Balaban J connectivity index is 3.15. The number of nitrogens with one attached hydrogen (secondary N) is 2. The molecule has 1 unspecified atom stereocenters. The fraction of sp³-hybridized carbons (Fsp3) is 1.00. The van der Waals surface area contributed by atoms with Gasteiger partial charge in [0.2, 0.25) is 0 Å². The predicted molar refractivity (Wildman–Crippen MR) is 41.5 cm³/mol. The molecule has 0 spiro atoms. The summed E-state index contributed by atoms with van der Waals surface area (Å²) >= 11 is 0. The molecule has 0 fully saturated rings. The van der Waals surface area contributed by atoms with E-state index in [1.54, 1.807) is 0 Å². The van der Waals surface area contributed by atoms with E-state index >= 15 is 0 Å². The van der Waals surface area contributed by atoms with Crippen molar-refractivity contribution in [3.05, 3.63) is 0 Å². The second-order valence-electron chi connectivity index (χ2n) is 2.63. The monoisotopic (exact) mass is 126 g/mol. The van der Waals surface area contributed by atoms with Crippen molar-refractivity contribution in [3.8, 4) is 0 Å². The van der Waals surface area contributed by atoms with Crippen LogP contribution in [0.2, 0.25) is 0 Å². The molecule has 0 bridgehead atoms. The Morgan fingerprint density at radius 3 is 2.22 bits per heavy atom. The number of rotatable bonds is 4. The Labute approximate surface area is 58.8 Å². The van der Waals surface area contributed by atoms with E-state index in [4.69, 9.17) is 7.98 Å². The first-order valence-electron chi connectivity index (χ1n) is 3.36. The Bertz CT molecular complexity index is 66.1. The summed E-state index contributed by atoms with van der Waals surface area (Å²) in [6, 6.07) is 0.989. The van der Waals surface area contributed by atoms with E-state index in [1.165, 1.54) is 0 Å². The van der Waals surface area contributed by atoms with Gasteiger partial charge in [0.05, 0.1) is 0 Å². The van der Waals surface area contributed by atoms with Crippen molar-refractivity contribution in [3.63, 3.8) is 0 Å². The molecule has 2 nitrogen and oxygen atoms in total. The van der Waals surface area contributed by atoms with Crippen molar-refractivity contribution < 1.29 is 0 Å². The minimum absolute atomic E-state index is 0.454. The van der Waals surface area contributed by atoms with E-state index in [1.807, 2.05) is 0 Å². The standard InChI is InChI=1S/C6H15BN2/c1-5(2)9-6(3)4-8-7/h5-6,8-9H,4H2,1-3H3. The van der Waals surface area contributed by atoms with Crippen LogP contribution in [0.25, 0.3) is 0 Å². The van der Waals surface area contributed by atoms with Crippen LogP contribution < -0.4 is 10.5 Å². The molecule has 9 heavy (non-hydrogen) atoms. The van der Waals surface area contributed by atoms with Crippen LogP contribution in [0.4, 0.5) is 0 Å². The second-order valence-corrected chi connectivity index (χ2v) is 2.63. The zero-order valence-electron chi connectivity index (χ0n) is 6.44. The highest BCUT2D eigenvalue weighted by molar-refractivity contribution is 6.04. The lowest BCUT2D eigenvalue weighted by molar-refractivity contribution is 0.487. The van der Waals surface area contributed by atoms with Gasteiger partial charge in [0.15, 0.2) is 7.98 Å². The van der Waals surface area contributed by atoms with Crippen molar-refractivity contribution in [2.45, 2.75) is 32.9 Å². The van der Waals surface area contributed by atoms with Crippen LogP contribution in [0.3, 0.4) is 0 Å². The quantitative estimate of drug-likeness (QED) is 0.520. The van der Waals surface area contributed by atoms with Crippen molar-refractivity contribution in [2.75, 3.05) is 6.54 Å². The lowest BCUT2D eigenvalue weighted by Gasteiger charge is -2.15. The first kappa shape index (κ1) is 8.98. The van der Waals surface area contributed by atoms with Gasteiger partial charge in [-0.05, 0) is 13.5 Å². The zero-order chi connectivity index (χ0) is 7.28. The van der Waals surface area contributed by atoms with E-state index in [-0.39, 0.29) is 0 Å². The number of hydrogen-bond donors (Lipinski definition) is 2. The largest absolute Gasteiger partial charge is 0.365 e. The fourth-order valence-corrected chi connectivity index (χ4v) is 0.805. The second kappa shape index (κ2) is 4.83. The van der Waals surface area contributed by atoms with Crippen LogP contribution in [0, 0.1) is 0 Å². The number of hydrogen-bond acceptors (Lipinski definition) is 2. The van der Waals surface area contributed by atoms with Crippen LogP contribution in [-0.2, 0) is 0 Å². The lowest BCUT2D eigenvalue weighted by atomic mass is 10.2. The molecular formula is C6H15BN2. The molecule has 0 aromatic heterocycles. The fourth-order valence-electron chi connectivity index (χ4n) is 0.805. The third-order valence-electron chi connectivity index (χ3n) is 1.04. The summed E-state index contributed by atoms with van der Waals surface area (Å²) in [7, 11) is 5.12. The Morgan fingerprint density at radius 2 is 1.89 bits per heavy atom. The molecule has 0 amide bonds. The molecule has 0 rings (SSSR count). The van der Waals surface area contributed by atoms with Gasteiger partial charge in [-0.1, -0.05) is 13.8 Å². The summed E-state index contributed by atoms with van der Waals surface area (Å²) in [6.07, 6.45) is 0. The summed E-state index contributed by atoms with van der Waals surface area (Å²) in [4.78, 5) is 0. The highest BCUT2D eigenvalue weighted by Crippen LogP contribution is 1.82. The van der Waals surface area contributed by atoms with Gasteiger partial charge in [0, 0.05) is 12.1 Å². The zero-order valence-corrected chi connectivity index (χ0v) is 6.44. The molecule has 0 aliphatic rings. The first-order chi connectivity index (χ1) is 4.16. The van der Waals surface area contributed by atoms with Crippen molar-refractivity contribution in [1.82, 2.24) is 10.5 Å². The molecule has 3 heteroatoms. The predicted octanol–water partition coefficient (Wildman–Crippen LogP) is 0.0460. The van der Waals surface area contributed by atoms with Crippen molar-refractivity contribution >= 4 is 7.98 Å². The van der Waals surface area contributed by atoms with E-state index in [0.29, 0.717) is 12.1 Å². The van der Waals surface area contributed by atoms with Crippen molar-refractivity contribution in [1.29, 1.82) is 0 Å². The summed E-state index contributed by atoms with van der Waals surface area (Å²) < 4.78 is 0. The Kier molecular flexibility index (Phi) is 4.82. The van der Waals surface area contributed by atoms with Crippen molar-refractivity contribution in [2.24, 2.45) is 0 Å². The van der Waals surface area contributed by atoms with Crippen LogP contribution in [0.15, 0.2) is 0 Å². The molecule has 0 saturated carbocycles. The highest BCUT2D eigenvalue weighted by atomic mass is 15.0. The molecule has 0 saturated heterocycles. The summed E-state index contributed by atoms with van der Waals surface area (Å²) in [5.41, 5.74) is 0. The van der Waals surface area contributed by atoms with Gasteiger partial charge < -0.3 is 10.5 Å². The summed E-state index contributed by atoms with van der Waals surface area (Å²) in [6.45, 7) is 7.15. The smallest absolute Gasteiger partial charge is 0.177 e. The van der Waals surface area contributed by atoms with E-state index < -0.39 is 0 Å². The van der Waals surface area contributed by atoms with Gasteiger partial charge in [-0.25, -0.2) is 0 Å². The third-order valence-corrected chi connectivity index (χ3v) is 1.04. The molecule has 1 atom stereocenters. The Morgan fingerprint density at radius 1 is 1.33 bits per heavy atom. The maximum Gasteiger partial charge on any atom is 0.177 e. The topological polar surface area (TPSA) is 24.1 Å². The van der Waals surface area contributed by atoms with Crippen LogP contribution in [0.5, 0.6) is 0 Å². The molecule has 2 radical (unpaired) electrons. The van der Waals surface area contributed by atoms with E-state index in [9.17, 15) is 0 Å². The molecule has 0 aromatic rings. The first-order valence-corrected chi connectivity index (χ1v) is 3.36. The molecule has 0 aliphatic carbocycles. The minimum atomic E-state index is 0.454. The van der Waals surface area contributed by atoms with E-state index in [2.05, 4.69) is 31.3 Å². The average Bonchev–Trinajstić information content (AvgIpc) is 1.63. The van der Waals surface area contributed by atoms with E-state index in [0.717, 1.165) is 6.54 Å². The highest BCUT2D eigenvalue weighted by Gasteiger charge is 1.99. The van der Waals surface area contributed by atoms with Gasteiger partial charge >= 0.3 is 0 Å². The maximum absolute atomic E-state index is 5.12. The Hall–Kier alpha value is -0.0151. The molecule has 0 heterocycles. The summed E-state index contributed by atoms with van der Waals surface area (Å²) in [5.74, 6) is 0. The van der Waals surface area contributed by atoms with Gasteiger partial charge in [0.1, 0.15) is 0 Å². The SMILES string of the molecule is [B]NCC(C)NC(C)C. The molecule has 2 N–H and O–H groups in total. The van der Waals surface area contributed by atoms with Gasteiger partial charge in [-0.15, -0.1) is 0 Å². The lowest BCUT2D eigenvalue weighted by Crippen LogP contribution is -2.39. The van der Waals surface area contributed by atoms with Gasteiger partial charge in [0.25, 0.3) is 0 Å². The van der Waals surface area contributed by atoms with Crippen LogP contribution in [0.1, 0.15) is 20.8 Å². The molecular weight excluding hydrogens is 111 g/mol. The molecule has 0 aliphatic heterocycles. The maximum atomic E-state index is 5.12. The molecule has 0 aromatic carbocycles. The van der Waals surface area contributed by atoms with Gasteiger partial charge in [-0.2, -0.15) is 0 Å². The minimum Gasteiger partial charge on any atom is -0.365 e. The normalized spacial score (nSPS) is 14.2. The van der Waals surface area contributed by atoms with Gasteiger partial charge in [-0.3, -0.25) is 0 Å². The van der Waals surface area contributed by atoms with Crippen LogP contribution in [-0.4, -0.2) is 26.6 Å². The average molecular weight is 126 g/mol. The van der Waals surface area contributed by atoms with Crippen LogP contribution >= 0.6 is 0 Å². The summed E-state index contributed by atoms with van der Waals surface area (Å²) in [5, 5.41) is 5.91.